The summed E-state index contributed by atoms with van der Waals surface area (Å²) in [4.78, 5) is 14.2. The molecule has 144 valence electrons. The Balaban J connectivity index is 1.39. The van der Waals surface area contributed by atoms with Gasteiger partial charge in [0.05, 0.1) is 6.10 Å². The van der Waals surface area contributed by atoms with Crippen molar-refractivity contribution in [2.45, 2.75) is 12.5 Å². The number of halogens is 2. The Labute approximate surface area is 157 Å². The zero-order chi connectivity index (χ0) is 19.2. The van der Waals surface area contributed by atoms with E-state index in [9.17, 15) is 18.7 Å². The van der Waals surface area contributed by atoms with Crippen LogP contribution in [0.1, 0.15) is 18.1 Å². The van der Waals surface area contributed by atoms with Crippen LogP contribution in [0.2, 0.25) is 0 Å². The smallest absolute Gasteiger partial charge is 0.314 e. The van der Waals surface area contributed by atoms with Gasteiger partial charge in [0, 0.05) is 31.9 Å². The maximum atomic E-state index is 13.2. The van der Waals surface area contributed by atoms with Gasteiger partial charge in [-0.3, -0.25) is 0 Å². The first kappa shape index (κ1) is 19.1. The maximum absolute atomic E-state index is 13.2. The molecule has 0 bridgehead atoms. The fourth-order valence-electron chi connectivity index (χ4n) is 3.20. The average molecular weight is 375 g/mol. The Kier molecular flexibility index (Phi) is 6.24. The third-order valence-corrected chi connectivity index (χ3v) is 4.74. The highest BCUT2D eigenvalue weighted by molar-refractivity contribution is 5.73. The Bertz CT molecular complexity index is 773. The molecule has 1 saturated heterocycles. The molecule has 2 amide bonds. The van der Waals surface area contributed by atoms with Crippen molar-refractivity contribution in [1.82, 2.24) is 10.6 Å². The van der Waals surface area contributed by atoms with E-state index >= 15 is 0 Å². The lowest BCUT2D eigenvalue weighted by atomic mass is 10.1. The summed E-state index contributed by atoms with van der Waals surface area (Å²) in [5, 5.41) is 15.3. The second-order valence-electron chi connectivity index (χ2n) is 6.72. The number of carbonyl (C=O) groups is 1. The highest BCUT2D eigenvalue weighted by Crippen LogP contribution is 2.23. The first-order chi connectivity index (χ1) is 13.0. The summed E-state index contributed by atoms with van der Waals surface area (Å²) in [6.45, 7) is 2.28. The van der Waals surface area contributed by atoms with Crippen molar-refractivity contribution in [3.8, 4) is 0 Å². The molecule has 5 nitrogen and oxygen atoms in total. The number of amides is 2. The van der Waals surface area contributed by atoms with E-state index in [0.29, 0.717) is 12.5 Å². The molecule has 1 heterocycles. The number of aliphatic hydroxyl groups excluding tert-OH is 1. The number of benzene rings is 2. The quantitative estimate of drug-likeness (QED) is 0.728. The Morgan fingerprint density at radius 2 is 1.93 bits per heavy atom. The molecule has 0 aromatic heterocycles. The third-order valence-electron chi connectivity index (χ3n) is 4.74. The largest absolute Gasteiger partial charge is 0.387 e. The molecule has 2 aromatic carbocycles. The molecule has 3 N–H and O–H groups in total. The number of hydrogen-bond acceptors (Lipinski definition) is 3. The topological polar surface area (TPSA) is 64.6 Å². The van der Waals surface area contributed by atoms with Crippen molar-refractivity contribution >= 4 is 11.7 Å². The van der Waals surface area contributed by atoms with Gasteiger partial charge in [0.1, 0.15) is 0 Å². The summed E-state index contributed by atoms with van der Waals surface area (Å²) < 4.78 is 26.1. The maximum Gasteiger partial charge on any atom is 0.314 e. The van der Waals surface area contributed by atoms with Gasteiger partial charge in [0.15, 0.2) is 11.6 Å². The van der Waals surface area contributed by atoms with Crippen molar-refractivity contribution < 1.29 is 18.7 Å². The second-order valence-corrected chi connectivity index (χ2v) is 6.72. The molecule has 0 unspecified atom stereocenters. The SMILES string of the molecule is O=C(NC[C@@H]1CCN(c2ccccc2)C1)NC[C@@H](O)c1ccc(F)c(F)c1. The molecule has 2 aromatic rings. The minimum atomic E-state index is -1.11. The number of carbonyl (C=O) groups excluding carboxylic acids is 1. The standard InChI is InChI=1S/C20H23F2N3O2/c21-17-7-6-15(10-18(17)22)19(26)12-24-20(27)23-11-14-8-9-25(13-14)16-4-2-1-3-5-16/h1-7,10,14,19,26H,8-9,11-13H2,(H2,23,24,27)/t14-,19+/m0/s1. The summed E-state index contributed by atoms with van der Waals surface area (Å²) in [5.41, 5.74) is 1.39. The van der Waals surface area contributed by atoms with Gasteiger partial charge in [0.25, 0.3) is 0 Å². The molecule has 0 spiro atoms. The normalized spacial score (nSPS) is 17.6. The molecule has 2 atom stereocenters. The van der Waals surface area contributed by atoms with E-state index < -0.39 is 23.8 Å². The molecular weight excluding hydrogens is 352 g/mol. The van der Waals surface area contributed by atoms with Crippen molar-refractivity contribution in [3.63, 3.8) is 0 Å². The van der Waals surface area contributed by atoms with Gasteiger partial charge in [-0.2, -0.15) is 0 Å². The molecule has 0 radical (unpaired) electrons. The minimum Gasteiger partial charge on any atom is -0.387 e. The number of urea groups is 1. The fourth-order valence-corrected chi connectivity index (χ4v) is 3.20. The van der Waals surface area contributed by atoms with E-state index in [1.165, 1.54) is 11.8 Å². The van der Waals surface area contributed by atoms with Crippen LogP contribution in [-0.2, 0) is 0 Å². The third kappa shape index (κ3) is 5.17. The van der Waals surface area contributed by atoms with Gasteiger partial charge in [-0.15, -0.1) is 0 Å². The predicted octanol–water partition coefficient (Wildman–Crippen LogP) is 2.82. The van der Waals surface area contributed by atoms with Gasteiger partial charge in [-0.05, 0) is 42.2 Å². The van der Waals surface area contributed by atoms with Crippen LogP contribution in [-0.4, -0.2) is 37.3 Å². The zero-order valence-electron chi connectivity index (χ0n) is 14.9. The lowest BCUT2D eigenvalue weighted by Gasteiger charge is -2.19. The first-order valence-corrected chi connectivity index (χ1v) is 8.97. The predicted molar refractivity (Wildman–Crippen MR) is 99.5 cm³/mol. The number of rotatable bonds is 6. The first-order valence-electron chi connectivity index (χ1n) is 8.97. The van der Waals surface area contributed by atoms with E-state index in [1.54, 1.807) is 0 Å². The number of nitrogens with zero attached hydrogens (tertiary/aromatic N) is 1. The number of aliphatic hydroxyl groups is 1. The van der Waals surface area contributed by atoms with Crippen molar-refractivity contribution in [2.75, 3.05) is 31.1 Å². The molecule has 0 aliphatic carbocycles. The van der Waals surface area contributed by atoms with E-state index in [2.05, 4.69) is 27.7 Å². The average Bonchev–Trinajstić information content (AvgIpc) is 3.16. The van der Waals surface area contributed by atoms with Crippen LogP contribution >= 0.6 is 0 Å². The lowest BCUT2D eigenvalue weighted by molar-refractivity contribution is 0.172. The van der Waals surface area contributed by atoms with Crippen LogP contribution in [0.4, 0.5) is 19.3 Å². The van der Waals surface area contributed by atoms with E-state index in [0.717, 1.165) is 31.6 Å². The summed E-state index contributed by atoms with van der Waals surface area (Å²) in [6, 6.07) is 12.9. The van der Waals surface area contributed by atoms with Crippen molar-refractivity contribution in [2.24, 2.45) is 5.92 Å². The van der Waals surface area contributed by atoms with Crippen LogP contribution in [0.5, 0.6) is 0 Å². The summed E-state index contributed by atoms with van der Waals surface area (Å²) in [5.74, 6) is -1.65. The minimum absolute atomic E-state index is 0.0856. The lowest BCUT2D eigenvalue weighted by Crippen LogP contribution is -2.40. The monoisotopic (exact) mass is 375 g/mol. The Morgan fingerprint density at radius 1 is 1.15 bits per heavy atom. The summed E-state index contributed by atoms with van der Waals surface area (Å²) >= 11 is 0. The molecule has 1 aliphatic heterocycles. The van der Waals surface area contributed by atoms with Gasteiger partial charge in [0.2, 0.25) is 0 Å². The van der Waals surface area contributed by atoms with Crippen LogP contribution in [0.25, 0.3) is 0 Å². The zero-order valence-corrected chi connectivity index (χ0v) is 14.9. The molecule has 1 aliphatic rings. The van der Waals surface area contributed by atoms with Gasteiger partial charge >= 0.3 is 6.03 Å². The van der Waals surface area contributed by atoms with E-state index in [1.807, 2.05) is 18.2 Å². The highest BCUT2D eigenvalue weighted by atomic mass is 19.2. The second kappa shape index (κ2) is 8.81. The number of anilines is 1. The van der Waals surface area contributed by atoms with Crippen LogP contribution < -0.4 is 15.5 Å². The van der Waals surface area contributed by atoms with E-state index in [-0.39, 0.29) is 12.1 Å². The van der Waals surface area contributed by atoms with Gasteiger partial charge < -0.3 is 20.6 Å². The van der Waals surface area contributed by atoms with Gasteiger partial charge in [-0.25, -0.2) is 13.6 Å². The summed E-state index contributed by atoms with van der Waals surface area (Å²) in [7, 11) is 0. The highest BCUT2D eigenvalue weighted by Gasteiger charge is 2.23. The van der Waals surface area contributed by atoms with Crippen molar-refractivity contribution in [3.05, 3.63) is 65.7 Å². The Morgan fingerprint density at radius 3 is 2.67 bits per heavy atom. The fraction of sp³-hybridized carbons (Fsp3) is 0.350. The molecule has 1 fully saturated rings. The molecular formula is C20H23F2N3O2. The Hall–Kier alpha value is -2.67. The number of hydrogen-bond donors (Lipinski definition) is 3. The van der Waals surface area contributed by atoms with Crippen LogP contribution in [0.3, 0.4) is 0 Å². The molecule has 7 heteroatoms. The van der Waals surface area contributed by atoms with Crippen LogP contribution in [0.15, 0.2) is 48.5 Å². The van der Waals surface area contributed by atoms with Crippen molar-refractivity contribution in [1.29, 1.82) is 0 Å². The number of para-hydroxylation sites is 1. The summed E-state index contributed by atoms with van der Waals surface area (Å²) in [6.07, 6.45) is -0.113. The molecule has 0 saturated carbocycles. The van der Waals surface area contributed by atoms with E-state index in [4.69, 9.17) is 0 Å². The molecule has 3 rings (SSSR count). The number of nitrogens with one attached hydrogen (secondary N) is 2. The van der Waals surface area contributed by atoms with Crippen LogP contribution in [0, 0.1) is 17.6 Å². The molecule has 27 heavy (non-hydrogen) atoms. The van der Waals surface area contributed by atoms with Gasteiger partial charge in [-0.1, -0.05) is 24.3 Å².